The van der Waals surface area contributed by atoms with Gasteiger partial charge in [0, 0.05) is 11.0 Å². The Morgan fingerprint density at radius 1 is 1.47 bits per heavy atom. The fraction of sp³-hybridized carbons (Fsp3) is 0.417. The lowest BCUT2D eigenvalue weighted by molar-refractivity contribution is -0.142. The summed E-state index contributed by atoms with van der Waals surface area (Å²) >= 11 is 0. The molecule has 15 heavy (non-hydrogen) atoms. The average molecular weight is 205 g/mol. The molecule has 0 unspecified atom stereocenters. The second-order valence-electron chi connectivity index (χ2n) is 3.63. The molecule has 0 saturated carbocycles. The number of nitrogens with one attached hydrogen (secondary N) is 1. The van der Waals surface area contributed by atoms with E-state index in [4.69, 9.17) is 4.74 Å². The summed E-state index contributed by atoms with van der Waals surface area (Å²) < 4.78 is 4.90. The first kappa shape index (κ1) is 10.0. The van der Waals surface area contributed by atoms with Crippen molar-refractivity contribution in [1.29, 1.82) is 0 Å². The molecule has 0 spiro atoms. The fourth-order valence-corrected chi connectivity index (χ4v) is 1.81. The summed E-state index contributed by atoms with van der Waals surface area (Å²) in [4.78, 5) is 14.5. The predicted molar refractivity (Wildman–Crippen MR) is 58.5 cm³/mol. The largest absolute Gasteiger partial charge is 0.466 e. The van der Waals surface area contributed by atoms with Crippen LogP contribution in [0.1, 0.15) is 25.5 Å². The van der Waals surface area contributed by atoms with Gasteiger partial charge in [-0.3, -0.25) is 4.79 Å². The number of rotatable bonds is 3. The minimum Gasteiger partial charge on any atom is -0.466 e. The monoisotopic (exact) mass is 205 g/mol. The third kappa shape index (κ3) is 2.29. The molecule has 1 aromatic rings. The summed E-state index contributed by atoms with van der Waals surface area (Å²) in [5.41, 5.74) is 0.938. The van der Waals surface area contributed by atoms with Gasteiger partial charge in [-0.25, -0.2) is 0 Å². The standard InChI is InChI=1S/C12H15NO2/c1-2-15-12(14)8-10-7-9-5-3-4-6-11(9)13-10/h5-7,13H,2-4,8H2,1H3. The van der Waals surface area contributed by atoms with Crippen LogP contribution in [0.15, 0.2) is 6.07 Å². The Morgan fingerprint density at radius 3 is 3.00 bits per heavy atom. The molecule has 0 saturated heterocycles. The van der Waals surface area contributed by atoms with Gasteiger partial charge in [-0.1, -0.05) is 12.2 Å². The molecule has 1 aliphatic carbocycles. The minimum atomic E-state index is -0.170. The van der Waals surface area contributed by atoms with Crippen molar-refractivity contribution in [2.75, 3.05) is 6.61 Å². The van der Waals surface area contributed by atoms with Crippen LogP contribution in [0.25, 0.3) is 12.2 Å². The van der Waals surface area contributed by atoms with Gasteiger partial charge < -0.3 is 9.72 Å². The number of esters is 1. The van der Waals surface area contributed by atoms with E-state index < -0.39 is 0 Å². The molecule has 0 aromatic carbocycles. The van der Waals surface area contributed by atoms with Gasteiger partial charge in [0.2, 0.25) is 0 Å². The van der Waals surface area contributed by atoms with E-state index in [0.717, 1.165) is 23.9 Å². The van der Waals surface area contributed by atoms with Gasteiger partial charge in [0.25, 0.3) is 0 Å². The van der Waals surface area contributed by atoms with Gasteiger partial charge in [0.1, 0.15) is 0 Å². The molecule has 3 nitrogen and oxygen atoms in total. The van der Waals surface area contributed by atoms with Crippen LogP contribution in [0.4, 0.5) is 0 Å². The molecular weight excluding hydrogens is 190 g/mol. The molecule has 1 aromatic heterocycles. The normalized spacial score (nSPS) is 13.7. The van der Waals surface area contributed by atoms with Crippen LogP contribution in [0.3, 0.4) is 0 Å². The second-order valence-corrected chi connectivity index (χ2v) is 3.63. The number of ether oxygens (including phenoxy) is 1. The lowest BCUT2D eigenvalue weighted by Gasteiger charge is -1.98. The van der Waals surface area contributed by atoms with Crippen molar-refractivity contribution in [1.82, 2.24) is 4.98 Å². The Kier molecular flexibility index (Phi) is 2.90. The number of aromatic amines is 1. The molecule has 0 aliphatic heterocycles. The van der Waals surface area contributed by atoms with Crippen molar-refractivity contribution in [3.8, 4) is 0 Å². The molecule has 3 heteroatoms. The van der Waals surface area contributed by atoms with E-state index in [1.54, 1.807) is 0 Å². The van der Waals surface area contributed by atoms with E-state index in [1.165, 1.54) is 5.22 Å². The number of carbonyl (C=O) groups excluding carboxylic acids is 1. The van der Waals surface area contributed by atoms with Crippen LogP contribution in [-0.4, -0.2) is 17.6 Å². The Morgan fingerprint density at radius 2 is 2.27 bits per heavy atom. The highest BCUT2D eigenvalue weighted by molar-refractivity contribution is 5.72. The number of hydrogen-bond donors (Lipinski definition) is 1. The van der Waals surface area contributed by atoms with Gasteiger partial charge >= 0.3 is 5.97 Å². The molecular formula is C12H15NO2. The maximum atomic E-state index is 11.3. The Hall–Kier alpha value is -1.51. The highest BCUT2D eigenvalue weighted by atomic mass is 16.5. The molecule has 1 N–H and O–H groups in total. The lowest BCUT2D eigenvalue weighted by Crippen LogP contribution is -2.23. The Balaban J connectivity index is 2.18. The van der Waals surface area contributed by atoms with Crippen LogP contribution < -0.4 is 10.6 Å². The Bertz CT molecular complexity index is 437. The first-order valence-electron chi connectivity index (χ1n) is 5.33. The summed E-state index contributed by atoms with van der Waals surface area (Å²) in [6, 6.07) is 2.03. The number of fused-ring (bicyclic) bond motifs is 1. The number of aromatic nitrogens is 1. The van der Waals surface area contributed by atoms with Gasteiger partial charge in [0.15, 0.2) is 0 Å². The third-order valence-corrected chi connectivity index (χ3v) is 2.46. The molecule has 1 aliphatic rings. The Labute approximate surface area is 88.5 Å². The summed E-state index contributed by atoms with van der Waals surface area (Å²) in [6.07, 6.45) is 6.86. The molecule has 0 radical (unpaired) electrons. The average Bonchev–Trinajstić information content (AvgIpc) is 2.59. The lowest BCUT2D eigenvalue weighted by atomic mass is 10.2. The van der Waals surface area contributed by atoms with Gasteiger partial charge in [-0.2, -0.15) is 0 Å². The van der Waals surface area contributed by atoms with Crippen molar-refractivity contribution in [3.63, 3.8) is 0 Å². The zero-order valence-electron chi connectivity index (χ0n) is 8.88. The smallest absolute Gasteiger partial charge is 0.311 e. The maximum Gasteiger partial charge on any atom is 0.311 e. The predicted octanol–water partition coefficient (Wildman–Crippen LogP) is 0.475. The summed E-state index contributed by atoms with van der Waals surface area (Å²) in [5, 5.41) is 2.35. The first-order valence-corrected chi connectivity index (χ1v) is 5.33. The fourth-order valence-electron chi connectivity index (χ4n) is 1.81. The molecule has 0 fully saturated rings. The van der Waals surface area contributed by atoms with Crippen molar-refractivity contribution < 1.29 is 9.53 Å². The first-order chi connectivity index (χ1) is 7.29. The molecule has 2 rings (SSSR count). The van der Waals surface area contributed by atoms with Crippen LogP contribution in [0.5, 0.6) is 0 Å². The van der Waals surface area contributed by atoms with Crippen molar-refractivity contribution in [2.24, 2.45) is 0 Å². The van der Waals surface area contributed by atoms with Crippen LogP contribution >= 0.6 is 0 Å². The van der Waals surface area contributed by atoms with Crippen molar-refractivity contribution in [3.05, 3.63) is 22.3 Å². The SMILES string of the molecule is CCOC(=O)Cc1cc2c([nH]1)=CCCC=2. The number of H-pyrrole nitrogens is 1. The van der Waals surface area contributed by atoms with Crippen LogP contribution in [-0.2, 0) is 16.0 Å². The quantitative estimate of drug-likeness (QED) is 0.729. The molecule has 0 atom stereocenters. The molecule has 80 valence electrons. The zero-order valence-corrected chi connectivity index (χ0v) is 8.88. The van der Waals surface area contributed by atoms with E-state index in [0.29, 0.717) is 13.0 Å². The second kappa shape index (κ2) is 4.34. The topological polar surface area (TPSA) is 42.1 Å². The number of carbonyl (C=O) groups is 1. The summed E-state index contributed by atoms with van der Waals surface area (Å²) in [5.74, 6) is -0.170. The zero-order chi connectivity index (χ0) is 10.7. The maximum absolute atomic E-state index is 11.3. The summed E-state index contributed by atoms with van der Waals surface area (Å²) in [7, 11) is 0. The molecule has 0 bridgehead atoms. The third-order valence-electron chi connectivity index (χ3n) is 2.46. The van der Waals surface area contributed by atoms with Crippen molar-refractivity contribution >= 4 is 18.1 Å². The van der Waals surface area contributed by atoms with Gasteiger partial charge in [-0.15, -0.1) is 0 Å². The van der Waals surface area contributed by atoms with Crippen LogP contribution in [0.2, 0.25) is 0 Å². The van der Waals surface area contributed by atoms with Crippen molar-refractivity contribution in [2.45, 2.75) is 26.2 Å². The van der Waals surface area contributed by atoms with E-state index in [-0.39, 0.29) is 5.97 Å². The van der Waals surface area contributed by atoms with Gasteiger partial charge in [0.05, 0.1) is 13.0 Å². The highest BCUT2D eigenvalue weighted by Gasteiger charge is 2.06. The van der Waals surface area contributed by atoms with E-state index in [2.05, 4.69) is 17.1 Å². The van der Waals surface area contributed by atoms with Crippen LogP contribution in [0, 0.1) is 0 Å². The number of hydrogen-bond acceptors (Lipinski definition) is 2. The molecule has 1 heterocycles. The summed E-state index contributed by atoms with van der Waals surface area (Å²) in [6.45, 7) is 2.26. The highest BCUT2D eigenvalue weighted by Crippen LogP contribution is 1.97. The minimum absolute atomic E-state index is 0.170. The molecule has 0 amide bonds. The van der Waals surface area contributed by atoms with Gasteiger partial charge in [-0.05, 0) is 31.1 Å². The van der Waals surface area contributed by atoms with E-state index in [9.17, 15) is 4.79 Å². The van der Waals surface area contributed by atoms with E-state index in [1.807, 2.05) is 13.0 Å². The van der Waals surface area contributed by atoms with E-state index >= 15 is 0 Å².